The molecule has 2 rings (SSSR count). The van der Waals surface area contributed by atoms with Crippen LogP contribution in [0, 0.1) is 11.3 Å². The average molecular weight is 205 g/mol. The Kier molecular flexibility index (Phi) is 2.80. The second-order valence-corrected chi connectivity index (χ2v) is 3.78. The lowest BCUT2D eigenvalue weighted by atomic mass is 9.96. The van der Waals surface area contributed by atoms with Crippen molar-refractivity contribution in [3.63, 3.8) is 0 Å². The van der Waals surface area contributed by atoms with Crippen LogP contribution in [0.15, 0.2) is 18.6 Å². The molecule has 1 saturated heterocycles. The molecule has 15 heavy (non-hydrogen) atoms. The van der Waals surface area contributed by atoms with Crippen molar-refractivity contribution < 1.29 is 0 Å². The summed E-state index contributed by atoms with van der Waals surface area (Å²) in [5, 5.41) is 7.39. The third kappa shape index (κ3) is 2.23. The van der Waals surface area contributed by atoms with E-state index in [1.54, 1.807) is 12.5 Å². The van der Waals surface area contributed by atoms with E-state index in [0.29, 0.717) is 5.84 Å². The van der Waals surface area contributed by atoms with Crippen LogP contribution in [0.4, 0.5) is 5.82 Å². The number of nitrogens with one attached hydrogen (secondary N) is 1. The number of nitrogens with zero attached hydrogens (tertiary/aromatic N) is 3. The molecule has 5 heteroatoms. The second kappa shape index (κ2) is 4.25. The van der Waals surface area contributed by atoms with E-state index < -0.39 is 0 Å². The summed E-state index contributed by atoms with van der Waals surface area (Å²) in [5.41, 5.74) is 5.49. The summed E-state index contributed by atoms with van der Waals surface area (Å²) >= 11 is 0. The minimum Gasteiger partial charge on any atom is -0.387 e. The molecule has 3 N–H and O–H groups in total. The molecular formula is C10H15N5. The highest BCUT2D eigenvalue weighted by Gasteiger charge is 2.21. The highest BCUT2D eigenvalue weighted by atomic mass is 15.2. The zero-order chi connectivity index (χ0) is 10.7. The Morgan fingerprint density at radius 2 is 2.20 bits per heavy atom. The summed E-state index contributed by atoms with van der Waals surface area (Å²) in [4.78, 5) is 10.3. The molecular weight excluding hydrogens is 190 g/mol. The van der Waals surface area contributed by atoms with Gasteiger partial charge in [-0.25, -0.2) is 9.97 Å². The molecule has 0 atom stereocenters. The Morgan fingerprint density at radius 3 is 2.73 bits per heavy atom. The fourth-order valence-corrected chi connectivity index (χ4v) is 1.89. The first kappa shape index (κ1) is 9.89. The van der Waals surface area contributed by atoms with Crippen LogP contribution in [-0.2, 0) is 0 Å². The summed E-state index contributed by atoms with van der Waals surface area (Å²) in [6.07, 6.45) is 5.20. The van der Waals surface area contributed by atoms with Crippen molar-refractivity contribution in [1.82, 2.24) is 9.97 Å². The van der Waals surface area contributed by atoms with Gasteiger partial charge in [0.25, 0.3) is 0 Å². The first-order valence-corrected chi connectivity index (χ1v) is 5.12. The summed E-state index contributed by atoms with van der Waals surface area (Å²) in [7, 11) is 0. The van der Waals surface area contributed by atoms with Crippen molar-refractivity contribution >= 4 is 11.7 Å². The van der Waals surface area contributed by atoms with Crippen LogP contribution < -0.4 is 10.6 Å². The van der Waals surface area contributed by atoms with Gasteiger partial charge in [-0.05, 0) is 18.9 Å². The Hall–Kier alpha value is -1.65. The molecule has 0 bridgehead atoms. The van der Waals surface area contributed by atoms with E-state index in [0.717, 1.165) is 31.7 Å². The molecule has 1 aliphatic rings. The number of anilines is 1. The lowest BCUT2D eigenvalue weighted by Crippen LogP contribution is -2.38. The summed E-state index contributed by atoms with van der Waals surface area (Å²) < 4.78 is 0. The van der Waals surface area contributed by atoms with Gasteiger partial charge in [0.1, 0.15) is 12.1 Å². The van der Waals surface area contributed by atoms with E-state index >= 15 is 0 Å². The average Bonchev–Trinajstić information content (AvgIpc) is 2.30. The number of piperidine rings is 1. The van der Waals surface area contributed by atoms with Crippen molar-refractivity contribution in [3.8, 4) is 0 Å². The molecule has 5 nitrogen and oxygen atoms in total. The van der Waals surface area contributed by atoms with Gasteiger partial charge >= 0.3 is 0 Å². The number of nitrogens with two attached hydrogens (primary N) is 1. The predicted molar refractivity (Wildman–Crippen MR) is 58.9 cm³/mol. The minimum atomic E-state index is 0.253. The second-order valence-electron chi connectivity index (χ2n) is 3.78. The SMILES string of the molecule is N=C(N)C1CCN(c2ccncn2)CC1. The number of hydrogen-bond donors (Lipinski definition) is 2. The maximum absolute atomic E-state index is 7.39. The summed E-state index contributed by atoms with van der Waals surface area (Å²) in [6, 6.07) is 1.91. The first-order chi connectivity index (χ1) is 7.27. The van der Waals surface area contributed by atoms with Gasteiger partial charge in [0.15, 0.2) is 0 Å². The molecule has 0 saturated carbocycles. The lowest BCUT2D eigenvalue weighted by molar-refractivity contribution is 0.495. The maximum atomic E-state index is 7.39. The van der Waals surface area contributed by atoms with Crippen LogP contribution in [0.3, 0.4) is 0 Å². The van der Waals surface area contributed by atoms with Crippen LogP contribution in [0.1, 0.15) is 12.8 Å². The van der Waals surface area contributed by atoms with E-state index in [-0.39, 0.29) is 5.92 Å². The van der Waals surface area contributed by atoms with Crippen molar-refractivity contribution in [2.75, 3.05) is 18.0 Å². The van der Waals surface area contributed by atoms with Gasteiger partial charge in [-0.3, -0.25) is 5.41 Å². The third-order valence-electron chi connectivity index (χ3n) is 2.83. The highest BCUT2D eigenvalue weighted by Crippen LogP contribution is 2.20. The van der Waals surface area contributed by atoms with E-state index in [1.807, 2.05) is 6.07 Å². The zero-order valence-electron chi connectivity index (χ0n) is 8.56. The molecule has 1 fully saturated rings. The highest BCUT2D eigenvalue weighted by molar-refractivity contribution is 5.79. The third-order valence-corrected chi connectivity index (χ3v) is 2.83. The fourth-order valence-electron chi connectivity index (χ4n) is 1.89. The first-order valence-electron chi connectivity index (χ1n) is 5.12. The van der Waals surface area contributed by atoms with Crippen LogP contribution in [-0.4, -0.2) is 28.9 Å². The van der Waals surface area contributed by atoms with Gasteiger partial charge in [0, 0.05) is 25.2 Å². The summed E-state index contributed by atoms with van der Waals surface area (Å²) in [6.45, 7) is 1.84. The predicted octanol–water partition coefficient (Wildman–Crippen LogP) is 0.629. The van der Waals surface area contributed by atoms with Crippen LogP contribution in [0.2, 0.25) is 0 Å². The molecule has 0 aromatic carbocycles. The van der Waals surface area contributed by atoms with E-state index in [1.165, 1.54) is 0 Å². The Morgan fingerprint density at radius 1 is 1.47 bits per heavy atom. The summed E-state index contributed by atoms with van der Waals surface area (Å²) in [5.74, 6) is 1.53. The van der Waals surface area contributed by atoms with E-state index in [2.05, 4.69) is 14.9 Å². The van der Waals surface area contributed by atoms with Gasteiger partial charge < -0.3 is 10.6 Å². The molecule has 0 amide bonds. The van der Waals surface area contributed by atoms with E-state index in [9.17, 15) is 0 Å². The molecule has 1 aromatic heterocycles. The molecule has 0 aliphatic carbocycles. The molecule has 1 aromatic rings. The van der Waals surface area contributed by atoms with Gasteiger partial charge in [0.2, 0.25) is 0 Å². The van der Waals surface area contributed by atoms with Crippen molar-refractivity contribution in [1.29, 1.82) is 5.41 Å². The number of amidine groups is 1. The molecule has 0 spiro atoms. The maximum Gasteiger partial charge on any atom is 0.131 e. The van der Waals surface area contributed by atoms with Gasteiger partial charge in [-0.15, -0.1) is 0 Å². The Labute approximate surface area is 88.8 Å². The smallest absolute Gasteiger partial charge is 0.131 e. The van der Waals surface area contributed by atoms with Crippen molar-refractivity contribution in [2.24, 2.45) is 11.7 Å². The van der Waals surface area contributed by atoms with Crippen molar-refractivity contribution in [2.45, 2.75) is 12.8 Å². The fraction of sp³-hybridized carbons (Fsp3) is 0.500. The van der Waals surface area contributed by atoms with Crippen molar-refractivity contribution in [3.05, 3.63) is 18.6 Å². The van der Waals surface area contributed by atoms with Crippen LogP contribution in [0.5, 0.6) is 0 Å². The van der Waals surface area contributed by atoms with Crippen LogP contribution >= 0.6 is 0 Å². The Balaban J connectivity index is 1.97. The van der Waals surface area contributed by atoms with Gasteiger partial charge in [-0.2, -0.15) is 0 Å². The van der Waals surface area contributed by atoms with E-state index in [4.69, 9.17) is 11.1 Å². The molecule has 0 unspecified atom stereocenters. The standard InChI is InChI=1S/C10H15N5/c11-10(12)8-2-5-15(6-3-8)9-1-4-13-7-14-9/h1,4,7-8H,2-3,5-6H2,(H3,11,12). The normalized spacial score (nSPS) is 17.7. The quantitative estimate of drug-likeness (QED) is 0.548. The minimum absolute atomic E-state index is 0.253. The number of hydrogen-bond acceptors (Lipinski definition) is 4. The molecule has 0 radical (unpaired) electrons. The zero-order valence-corrected chi connectivity index (χ0v) is 8.56. The number of aromatic nitrogens is 2. The number of rotatable bonds is 2. The Bertz CT molecular complexity index is 329. The van der Waals surface area contributed by atoms with Gasteiger partial charge in [-0.1, -0.05) is 0 Å². The largest absolute Gasteiger partial charge is 0.387 e. The monoisotopic (exact) mass is 205 g/mol. The van der Waals surface area contributed by atoms with Gasteiger partial charge in [0.05, 0.1) is 5.84 Å². The lowest BCUT2D eigenvalue weighted by Gasteiger charge is -2.31. The molecule has 80 valence electrons. The van der Waals surface area contributed by atoms with Crippen LogP contribution in [0.25, 0.3) is 0 Å². The molecule has 1 aliphatic heterocycles. The topological polar surface area (TPSA) is 78.9 Å². The molecule has 2 heterocycles.